The molecule has 6 nitrogen and oxygen atoms in total. The van der Waals surface area contributed by atoms with Crippen LogP contribution < -0.4 is 0 Å². The molecule has 1 heterocycles. The molecule has 1 aromatic rings. The Hall–Kier alpha value is -1.70. The Morgan fingerprint density at radius 3 is 2.42 bits per heavy atom. The summed E-state index contributed by atoms with van der Waals surface area (Å²) in [6, 6.07) is 8.00. The fourth-order valence-electron chi connectivity index (χ4n) is 2.75. The van der Waals surface area contributed by atoms with Crippen LogP contribution in [0.25, 0.3) is 0 Å². The summed E-state index contributed by atoms with van der Waals surface area (Å²) in [5.74, 6) is -1.39. The second-order valence-electron chi connectivity index (χ2n) is 5.94. The molecule has 0 radical (unpaired) electrons. The van der Waals surface area contributed by atoms with Crippen molar-refractivity contribution in [3.8, 4) is 0 Å². The molecular formula is C17H22O6S. The van der Waals surface area contributed by atoms with Crippen molar-refractivity contribution in [2.24, 2.45) is 11.8 Å². The number of rotatable bonds is 4. The van der Waals surface area contributed by atoms with Crippen molar-refractivity contribution in [2.75, 3.05) is 7.11 Å². The highest BCUT2D eigenvalue weighted by Crippen LogP contribution is 2.31. The van der Waals surface area contributed by atoms with E-state index < -0.39 is 40.0 Å². The number of hydrogen-bond donors (Lipinski definition) is 1. The molecule has 24 heavy (non-hydrogen) atoms. The summed E-state index contributed by atoms with van der Waals surface area (Å²) in [6.07, 6.45) is -1.08. The predicted molar refractivity (Wildman–Crippen MR) is 87.8 cm³/mol. The van der Waals surface area contributed by atoms with E-state index in [4.69, 9.17) is 4.74 Å². The van der Waals surface area contributed by atoms with Crippen molar-refractivity contribution in [3.05, 3.63) is 41.8 Å². The molecular weight excluding hydrogens is 332 g/mol. The lowest BCUT2D eigenvalue weighted by molar-refractivity contribution is -0.185. The van der Waals surface area contributed by atoms with Crippen LogP contribution in [0.2, 0.25) is 0 Å². The van der Waals surface area contributed by atoms with Gasteiger partial charge in [0.1, 0.15) is 0 Å². The largest absolute Gasteiger partial charge is 0.467 e. The van der Waals surface area contributed by atoms with Gasteiger partial charge < -0.3 is 14.6 Å². The van der Waals surface area contributed by atoms with Crippen LogP contribution in [-0.4, -0.2) is 44.9 Å². The van der Waals surface area contributed by atoms with Gasteiger partial charge in [-0.3, -0.25) is 0 Å². The molecule has 1 aliphatic rings. The highest BCUT2D eigenvalue weighted by atomic mass is 32.2. The SMILES string of the molecule is COC(=O)[C@H]1O[C@@H](/C=C/S(=O)(=O)c2ccccc2)[C@@H](C)[C@@H](O)[C@H]1C. The van der Waals surface area contributed by atoms with Crippen molar-refractivity contribution in [1.82, 2.24) is 0 Å². The smallest absolute Gasteiger partial charge is 0.335 e. The second-order valence-corrected chi connectivity index (χ2v) is 7.77. The van der Waals surface area contributed by atoms with Gasteiger partial charge in [0.15, 0.2) is 15.9 Å². The normalized spacial score (nSPS) is 31.1. The number of sulfone groups is 1. The highest BCUT2D eigenvalue weighted by molar-refractivity contribution is 7.94. The minimum absolute atomic E-state index is 0.170. The first-order chi connectivity index (χ1) is 11.3. The van der Waals surface area contributed by atoms with Gasteiger partial charge >= 0.3 is 5.97 Å². The maximum absolute atomic E-state index is 12.3. The summed E-state index contributed by atoms with van der Waals surface area (Å²) in [7, 11) is -2.37. The van der Waals surface area contributed by atoms with Crippen LogP contribution in [0.3, 0.4) is 0 Å². The van der Waals surface area contributed by atoms with Crippen molar-refractivity contribution >= 4 is 15.8 Å². The molecule has 0 amide bonds. The van der Waals surface area contributed by atoms with E-state index in [1.807, 2.05) is 0 Å². The van der Waals surface area contributed by atoms with Gasteiger partial charge in [0.25, 0.3) is 0 Å². The Bertz CT molecular complexity index is 697. The number of hydrogen-bond acceptors (Lipinski definition) is 6. The van der Waals surface area contributed by atoms with E-state index in [0.717, 1.165) is 5.41 Å². The molecule has 0 unspecified atom stereocenters. The third-order valence-corrected chi connectivity index (χ3v) is 5.77. The average molecular weight is 354 g/mol. The maximum Gasteiger partial charge on any atom is 0.335 e. The molecule has 0 aliphatic carbocycles. The van der Waals surface area contributed by atoms with Gasteiger partial charge in [0.2, 0.25) is 0 Å². The lowest BCUT2D eigenvalue weighted by atomic mass is 9.83. The van der Waals surface area contributed by atoms with Gasteiger partial charge in [0.05, 0.1) is 24.2 Å². The molecule has 1 saturated heterocycles. The molecule has 0 saturated carbocycles. The fraction of sp³-hybridized carbons (Fsp3) is 0.471. The number of carbonyl (C=O) groups is 1. The number of aliphatic hydroxyl groups is 1. The summed E-state index contributed by atoms with van der Waals surface area (Å²) in [4.78, 5) is 12.0. The molecule has 0 bridgehead atoms. The Labute approximate surface area is 142 Å². The van der Waals surface area contributed by atoms with Crippen LogP contribution in [0, 0.1) is 11.8 Å². The third kappa shape index (κ3) is 3.85. The number of aliphatic hydroxyl groups excluding tert-OH is 1. The van der Waals surface area contributed by atoms with Crippen molar-refractivity contribution in [1.29, 1.82) is 0 Å². The molecule has 1 fully saturated rings. The molecule has 2 rings (SSSR count). The second kappa shape index (κ2) is 7.46. The molecule has 7 heteroatoms. The minimum Gasteiger partial charge on any atom is -0.467 e. The number of esters is 1. The zero-order valence-electron chi connectivity index (χ0n) is 13.8. The first-order valence-electron chi connectivity index (χ1n) is 7.67. The lowest BCUT2D eigenvalue weighted by Crippen LogP contribution is -2.51. The van der Waals surface area contributed by atoms with Gasteiger partial charge in [-0.1, -0.05) is 32.0 Å². The molecule has 1 aliphatic heterocycles. The van der Waals surface area contributed by atoms with Crippen LogP contribution in [0.1, 0.15) is 13.8 Å². The Morgan fingerprint density at radius 1 is 1.21 bits per heavy atom. The van der Waals surface area contributed by atoms with E-state index in [1.165, 1.54) is 25.3 Å². The third-order valence-electron chi connectivity index (χ3n) is 4.33. The highest BCUT2D eigenvalue weighted by Gasteiger charge is 2.43. The topological polar surface area (TPSA) is 89.9 Å². The van der Waals surface area contributed by atoms with E-state index in [-0.39, 0.29) is 10.8 Å². The summed E-state index contributed by atoms with van der Waals surface area (Å²) in [5, 5.41) is 11.4. The zero-order valence-corrected chi connectivity index (χ0v) is 14.6. The van der Waals surface area contributed by atoms with Gasteiger partial charge in [-0.05, 0) is 18.2 Å². The molecule has 0 spiro atoms. The van der Waals surface area contributed by atoms with E-state index >= 15 is 0 Å². The van der Waals surface area contributed by atoms with Gasteiger partial charge in [0, 0.05) is 17.2 Å². The van der Waals surface area contributed by atoms with Crippen molar-refractivity contribution in [3.63, 3.8) is 0 Å². The van der Waals surface area contributed by atoms with E-state index in [0.29, 0.717) is 0 Å². The minimum atomic E-state index is -3.62. The Morgan fingerprint density at radius 2 is 1.83 bits per heavy atom. The van der Waals surface area contributed by atoms with Crippen LogP contribution in [0.5, 0.6) is 0 Å². The van der Waals surface area contributed by atoms with Crippen LogP contribution >= 0.6 is 0 Å². The van der Waals surface area contributed by atoms with E-state index in [2.05, 4.69) is 4.74 Å². The van der Waals surface area contributed by atoms with E-state index in [9.17, 15) is 18.3 Å². The number of benzene rings is 1. The molecule has 1 N–H and O–H groups in total. The molecule has 1 aromatic carbocycles. The first kappa shape index (κ1) is 18.6. The van der Waals surface area contributed by atoms with Gasteiger partial charge in [-0.15, -0.1) is 0 Å². The number of carbonyl (C=O) groups excluding carboxylic acids is 1. The average Bonchev–Trinajstić information content (AvgIpc) is 2.59. The monoisotopic (exact) mass is 354 g/mol. The quantitative estimate of drug-likeness (QED) is 0.825. The number of methoxy groups -OCH3 is 1. The lowest BCUT2D eigenvalue weighted by Gasteiger charge is -2.40. The molecule has 0 aromatic heterocycles. The summed E-state index contributed by atoms with van der Waals surface area (Å²) < 4.78 is 35.0. The maximum atomic E-state index is 12.3. The molecule has 5 atom stereocenters. The molecule has 132 valence electrons. The Balaban J connectivity index is 2.22. The number of ether oxygens (including phenoxy) is 2. The Kier molecular flexibility index (Phi) is 5.79. The predicted octanol–water partition coefficient (Wildman–Crippen LogP) is 1.55. The van der Waals surface area contributed by atoms with Crippen LogP contribution in [0.15, 0.2) is 46.7 Å². The van der Waals surface area contributed by atoms with Gasteiger partial charge in [-0.2, -0.15) is 0 Å². The van der Waals surface area contributed by atoms with Crippen molar-refractivity contribution < 1.29 is 27.8 Å². The standard InChI is InChI=1S/C17H22O6S/c1-11-14(23-16(17(19)22-3)12(2)15(11)18)9-10-24(20,21)13-7-5-4-6-8-13/h4-12,14-16,18H,1-3H3/b10-9+/t11-,12-,14+,15-,16+/m1/s1. The summed E-state index contributed by atoms with van der Waals surface area (Å²) >= 11 is 0. The van der Waals surface area contributed by atoms with E-state index in [1.54, 1.807) is 32.0 Å². The van der Waals surface area contributed by atoms with Crippen LogP contribution in [-0.2, 0) is 24.1 Å². The zero-order chi connectivity index (χ0) is 17.9. The van der Waals surface area contributed by atoms with Crippen LogP contribution in [0.4, 0.5) is 0 Å². The van der Waals surface area contributed by atoms with Gasteiger partial charge in [-0.25, -0.2) is 13.2 Å². The summed E-state index contributed by atoms with van der Waals surface area (Å²) in [5.41, 5.74) is 0. The fourth-order valence-corrected chi connectivity index (χ4v) is 3.80. The van der Waals surface area contributed by atoms with Crippen molar-refractivity contribution in [2.45, 2.75) is 37.1 Å². The summed E-state index contributed by atoms with van der Waals surface area (Å²) in [6.45, 7) is 3.45. The first-order valence-corrected chi connectivity index (χ1v) is 9.22.